The molecule has 5 rings (SSSR count). The summed E-state index contributed by atoms with van der Waals surface area (Å²) in [4.78, 5) is 0. The molecule has 0 aliphatic rings. The van der Waals surface area contributed by atoms with Crippen LogP contribution in [-0.4, -0.2) is 35.7 Å². The SMILES string of the molecule is CC(c1ccc(O)c(-c2ccccc2O)c1)(c1ccc(O)c(-c2ccccc2O)c1)c1c(O)cc(O)cc1O. The second-order valence-corrected chi connectivity index (χ2v) is 9.48. The fourth-order valence-electron chi connectivity index (χ4n) is 5.09. The summed E-state index contributed by atoms with van der Waals surface area (Å²) in [5.74, 6) is -1.39. The zero-order valence-electron chi connectivity index (χ0n) is 20.9. The lowest BCUT2D eigenvalue weighted by atomic mass is 9.69. The van der Waals surface area contributed by atoms with Gasteiger partial charge in [0.1, 0.15) is 40.2 Å². The minimum absolute atomic E-state index is 0.0477. The van der Waals surface area contributed by atoms with E-state index in [1.165, 1.54) is 24.3 Å². The minimum Gasteiger partial charge on any atom is -0.508 e. The van der Waals surface area contributed by atoms with E-state index in [1.807, 2.05) is 0 Å². The summed E-state index contributed by atoms with van der Waals surface area (Å²) in [5, 5.41) is 74.4. The van der Waals surface area contributed by atoms with Crippen LogP contribution in [0, 0.1) is 0 Å². The highest BCUT2D eigenvalue weighted by Gasteiger charge is 2.38. The third kappa shape index (κ3) is 4.30. The Kier molecular flexibility index (Phi) is 6.20. The van der Waals surface area contributed by atoms with Crippen molar-refractivity contribution in [3.63, 3.8) is 0 Å². The molecule has 7 nitrogen and oxygen atoms in total. The van der Waals surface area contributed by atoms with Gasteiger partial charge in [-0.1, -0.05) is 48.5 Å². The van der Waals surface area contributed by atoms with Crippen molar-refractivity contribution in [2.75, 3.05) is 0 Å². The molecule has 0 atom stereocenters. The van der Waals surface area contributed by atoms with E-state index in [2.05, 4.69) is 0 Å². The zero-order chi connectivity index (χ0) is 27.9. The Balaban J connectivity index is 1.84. The molecule has 0 bridgehead atoms. The maximum Gasteiger partial charge on any atom is 0.127 e. The smallest absolute Gasteiger partial charge is 0.127 e. The van der Waals surface area contributed by atoms with Gasteiger partial charge in [0, 0.05) is 39.8 Å². The quantitative estimate of drug-likeness (QED) is 0.134. The molecule has 5 aromatic rings. The first kappa shape index (κ1) is 25.4. The fraction of sp³-hybridized carbons (Fsp3) is 0.0625. The normalized spacial score (nSPS) is 11.4. The third-order valence-corrected chi connectivity index (χ3v) is 7.12. The Labute approximate surface area is 224 Å². The van der Waals surface area contributed by atoms with Gasteiger partial charge >= 0.3 is 0 Å². The van der Waals surface area contributed by atoms with E-state index in [-0.39, 0.29) is 45.8 Å². The number of phenolic OH excluding ortho intramolecular Hbond substituents is 7. The first-order chi connectivity index (χ1) is 18.6. The first-order valence-corrected chi connectivity index (χ1v) is 12.1. The minimum atomic E-state index is -1.33. The Morgan fingerprint density at radius 1 is 0.410 bits per heavy atom. The van der Waals surface area contributed by atoms with Crippen molar-refractivity contribution in [3.05, 3.63) is 114 Å². The van der Waals surface area contributed by atoms with Crippen LogP contribution in [-0.2, 0) is 5.41 Å². The molecule has 7 N–H and O–H groups in total. The number of hydrogen-bond acceptors (Lipinski definition) is 7. The predicted octanol–water partition coefficient (Wildman–Crippen LogP) is 6.31. The number of benzene rings is 5. The van der Waals surface area contributed by atoms with Crippen molar-refractivity contribution in [1.82, 2.24) is 0 Å². The van der Waals surface area contributed by atoms with Crippen LogP contribution < -0.4 is 0 Å². The molecular weight excluding hydrogens is 496 g/mol. The van der Waals surface area contributed by atoms with Gasteiger partial charge < -0.3 is 35.7 Å². The molecule has 0 saturated carbocycles. The van der Waals surface area contributed by atoms with Crippen LogP contribution in [0.2, 0.25) is 0 Å². The molecule has 196 valence electrons. The standard InChI is InChI=1S/C32H26O7/c1-32(31-29(38)16-20(33)17-30(31)39,18-10-12-27(36)23(14-18)21-6-2-4-8-25(21)34)19-11-13-28(37)24(15-19)22-7-3-5-9-26(22)35/h2-17,33-39H,1H3. The van der Waals surface area contributed by atoms with E-state index < -0.39 is 5.41 Å². The summed E-state index contributed by atoms with van der Waals surface area (Å²) >= 11 is 0. The Morgan fingerprint density at radius 3 is 1.21 bits per heavy atom. The van der Waals surface area contributed by atoms with Crippen LogP contribution in [0.4, 0.5) is 0 Å². The van der Waals surface area contributed by atoms with Gasteiger partial charge in [-0.05, 0) is 54.4 Å². The lowest BCUT2D eigenvalue weighted by Gasteiger charge is -2.34. The van der Waals surface area contributed by atoms with E-state index in [4.69, 9.17) is 0 Å². The molecule has 0 aliphatic heterocycles. The Morgan fingerprint density at radius 2 is 0.795 bits per heavy atom. The van der Waals surface area contributed by atoms with Crippen LogP contribution in [0.15, 0.2) is 97.1 Å². The van der Waals surface area contributed by atoms with Gasteiger partial charge in [-0.2, -0.15) is 0 Å². The maximum absolute atomic E-state index is 11.0. The van der Waals surface area contributed by atoms with Crippen molar-refractivity contribution in [1.29, 1.82) is 0 Å². The number of phenols is 7. The highest BCUT2D eigenvalue weighted by molar-refractivity contribution is 5.79. The summed E-state index contributed by atoms with van der Waals surface area (Å²) in [5.41, 5.74) is 1.11. The van der Waals surface area contributed by atoms with E-state index in [1.54, 1.807) is 67.6 Å². The second-order valence-electron chi connectivity index (χ2n) is 9.48. The Bertz CT molecular complexity index is 1590. The summed E-state index contributed by atoms with van der Waals surface area (Å²) in [6.45, 7) is 1.74. The predicted molar refractivity (Wildman–Crippen MR) is 147 cm³/mol. The van der Waals surface area contributed by atoms with Gasteiger partial charge in [0.05, 0.1) is 5.56 Å². The molecular formula is C32H26O7. The van der Waals surface area contributed by atoms with E-state index in [9.17, 15) is 35.7 Å². The number of aromatic hydroxyl groups is 7. The molecule has 0 unspecified atom stereocenters. The topological polar surface area (TPSA) is 142 Å². The highest BCUT2D eigenvalue weighted by atomic mass is 16.3. The van der Waals surface area contributed by atoms with E-state index >= 15 is 0 Å². The lowest BCUT2D eigenvalue weighted by molar-refractivity contribution is 0.407. The molecule has 0 aromatic heterocycles. The van der Waals surface area contributed by atoms with Crippen molar-refractivity contribution in [3.8, 4) is 62.5 Å². The van der Waals surface area contributed by atoms with Crippen molar-refractivity contribution < 1.29 is 35.7 Å². The van der Waals surface area contributed by atoms with Gasteiger partial charge in [0.2, 0.25) is 0 Å². The summed E-state index contributed by atoms with van der Waals surface area (Å²) in [6.07, 6.45) is 0. The average Bonchev–Trinajstić information content (AvgIpc) is 2.89. The molecule has 7 heteroatoms. The molecule has 0 saturated heterocycles. The van der Waals surface area contributed by atoms with Crippen LogP contribution in [0.1, 0.15) is 23.6 Å². The summed E-state index contributed by atoms with van der Waals surface area (Å²) in [6, 6.07) is 24.7. The highest BCUT2D eigenvalue weighted by Crippen LogP contribution is 2.51. The molecule has 0 heterocycles. The van der Waals surface area contributed by atoms with Crippen LogP contribution in [0.25, 0.3) is 22.3 Å². The van der Waals surface area contributed by atoms with E-state index in [0.717, 1.165) is 12.1 Å². The fourth-order valence-corrected chi connectivity index (χ4v) is 5.09. The number of para-hydroxylation sites is 2. The maximum atomic E-state index is 11.0. The lowest BCUT2D eigenvalue weighted by Crippen LogP contribution is -2.26. The van der Waals surface area contributed by atoms with E-state index in [0.29, 0.717) is 33.4 Å². The summed E-state index contributed by atoms with van der Waals surface area (Å²) < 4.78 is 0. The van der Waals surface area contributed by atoms with Crippen molar-refractivity contribution >= 4 is 0 Å². The van der Waals surface area contributed by atoms with Crippen molar-refractivity contribution in [2.45, 2.75) is 12.3 Å². The molecule has 0 aliphatic carbocycles. The monoisotopic (exact) mass is 522 g/mol. The van der Waals surface area contributed by atoms with Gasteiger partial charge in [0.25, 0.3) is 0 Å². The first-order valence-electron chi connectivity index (χ1n) is 12.1. The molecule has 0 amide bonds. The van der Waals surface area contributed by atoms with Gasteiger partial charge in [-0.3, -0.25) is 0 Å². The second kappa shape index (κ2) is 9.54. The molecule has 39 heavy (non-hydrogen) atoms. The van der Waals surface area contributed by atoms with Crippen LogP contribution in [0.5, 0.6) is 40.2 Å². The largest absolute Gasteiger partial charge is 0.508 e. The van der Waals surface area contributed by atoms with Crippen LogP contribution >= 0.6 is 0 Å². The van der Waals surface area contributed by atoms with Crippen LogP contribution in [0.3, 0.4) is 0 Å². The molecule has 0 fully saturated rings. The third-order valence-electron chi connectivity index (χ3n) is 7.12. The van der Waals surface area contributed by atoms with Gasteiger partial charge in [-0.15, -0.1) is 0 Å². The number of hydrogen-bond donors (Lipinski definition) is 7. The molecule has 0 radical (unpaired) electrons. The summed E-state index contributed by atoms with van der Waals surface area (Å²) in [7, 11) is 0. The molecule has 0 spiro atoms. The Hall–Kier alpha value is -5.30. The molecule has 5 aromatic carbocycles. The zero-order valence-corrected chi connectivity index (χ0v) is 20.9. The van der Waals surface area contributed by atoms with Gasteiger partial charge in [0.15, 0.2) is 0 Å². The number of rotatable bonds is 5. The average molecular weight is 523 g/mol. The van der Waals surface area contributed by atoms with Crippen molar-refractivity contribution in [2.24, 2.45) is 0 Å². The van der Waals surface area contributed by atoms with Gasteiger partial charge in [-0.25, -0.2) is 0 Å².